The van der Waals surface area contributed by atoms with E-state index in [1.165, 1.54) is 13.8 Å². The van der Waals surface area contributed by atoms with Crippen LogP contribution in [0.15, 0.2) is 5.11 Å². The van der Waals surface area contributed by atoms with Crippen LogP contribution in [0.4, 0.5) is 0 Å². The minimum Gasteiger partial charge on any atom is -0.481 e. The molecule has 6 nitrogen and oxygen atoms in total. The van der Waals surface area contributed by atoms with Crippen molar-refractivity contribution in [1.29, 1.82) is 0 Å². The largest absolute Gasteiger partial charge is 0.481 e. The smallest absolute Gasteiger partial charge is 0.312 e. The van der Waals surface area contributed by atoms with Gasteiger partial charge < -0.3 is 10.2 Å². The van der Waals surface area contributed by atoms with Crippen molar-refractivity contribution in [2.75, 3.05) is 0 Å². The molecule has 0 heterocycles. The lowest BCUT2D eigenvalue weighted by molar-refractivity contribution is -0.174. The molecule has 3 atom stereocenters. The lowest BCUT2D eigenvalue weighted by atomic mass is 9.63. The molecule has 0 bridgehead atoms. The minimum atomic E-state index is -1.50. The first-order chi connectivity index (χ1) is 6.86. The van der Waals surface area contributed by atoms with Crippen molar-refractivity contribution >= 4 is 5.97 Å². The molecule has 0 aromatic heterocycles. The summed E-state index contributed by atoms with van der Waals surface area (Å²) in [5.74, 6) is -1.05. The first-order valence-corrected chi connectivity index (χ1v) is 4.86. The van der Waals surface area contributed by atoms with E-state index >= 15 is 0 Å². The third-order valence-corrected chi connectivity index (χ3v) is 3.58. The van der Waals surface area contributed by atoms with Gasteiger partial charge >= 0.3 is 5.97 Å². The van der Waals surface area contributed by atoms with E-state index in [4.69, 9.17) is 10.6 Å². The summed E-state index contributed by atoms with van der Waals surface area (Å²) in [4.78, 5) is 13.8. The summed E-state index contributed by atoms with van der Waals surface area (Å²) in [5.41, 5.74) is 5.62. The quantitative estimate of drug-likeness (QED) is 0.414. The monoisotopic (exact) mass is 213 g/mol. The Balaban J connectivity index is 3.11. The van der Waals surface area contributed by atoms with Crippen molar-refractivity contribution in [3.8, 4) is 0 Å². The Morgan fingerprint density at radius 2 is 2.20 bits per heavy atom. The average molecular weight is 213 g/mol. The summed E-state index contributed by atoms with van der Waals surface area (Å²) in [6.45, 7) is 2.92. The highest BCUT2D eigenvalue weighted by Gasteiger charge is 2.55. The number of aliphatic hydroxyl groups is 1. The maximum absolute atomic E-state index is 11.1. The van der Waals surface area contributed by atoms with Crippen LogP contribution in [-0.2, 0) is 4.79 Å². The van der Waals surface area contributed by atoms with E-state index in [0.29, 0.717) is 19.3 Å². The molecule has 15 heavy (non-hydrogen) atoms. The van der Waals surface area contributed by atoms with E-state index in [0.717, 1.165) is 0 Å². The molecule has 0 radical (unpaired) electrons. The van der Waals surface area contributed by atoms with Crippen LogP contribution in [0.25, 0.3) is 10.4 Å². The summed E-state index contributed by atoms with van der Waals surface area (Å²) >= 11 is 0. The SMILES string of the molecule is CC1(C(=O)O)CCCC(N=[N+]=[N-])C1(C)O. The van der Waals surface area contributed by atoms with Gasteiger partial charge in [0.1, 0.15) is 0 Å². The molecule has 0 spiro atoms. The summed E-state index contributed by atoms with van der Waals surface area (Å²) in [6.07, 6.45) is 1.56. The fourth-order valence-electron chi connectivity index (χ4n) is 2.11. The van der Waals surface area contributed by atoms with E-state index in [1.54, 1.807) is 0 Å². The highest BCUT2D eigenvalue weighted by Crippen LogP contribution is 2.45. The van der Waals surface area contributed by atoms with Gasteiger partial charge in [0.2, 0.25) is 0 Å². The highest BCUT2D eigenvalue weighted by molar-refractivity contribution is 5.76. The first kappa shape index (κ1) is 11.8. The lowest BCUT2D eigenvalue weighted by Crippen LogP contribution is -2.58. The minimum absolute atomic E-state index is 0.396. The fraction of sp³-hybridized carbons (Fsp3) is 0.889. The number of carboxylic acids is 1. The molecule has 0 amide bonds. The molecule has 6 heteroatoms. The van der Waals surface area contributed by atoms with Crippen molar-refractivity contribution in [2.24, 2.45) is 10.5 Å². The molecule has 0 aromatic rings. The van der Waals surface area contributed by atoms with E-state index in [9.17, 15) is 9.90 Å². The van der Waals surface area contributed by atoms with Crippen molar-refractivity contribution in [3.63, 3.8) is 0 Å². The van der Waals surface area contributed by atoms with Gasteiger partial charge in [-0.05, 0) is 32.2 Å². The maximum Gasteiger partial charge on any atom is 0.312 e. The molecule has 3 unspecified atom stereocenters. The number of carboxylic acid groups (broad SMARTS) is 1. The van der Waals surface area contributed by atoms with Crippen molar-refractivity contribution in [2.45, 2.75) is 44.8 Å². The second-order valence-electron chi connectivity index (χ2n) is 4.40. The van der Waals surface area contributed by atoms with Crippen LogP contribution in [-0.4, -0.2) is 27.8 Å². The molecule has 0 aliphatic heterocycles. The van der Waals surface area contributed by atoms with Crippen LogP contribution in [0, 0.1) is 5.41 Å². The Bertz CT molecular complexity index is 323. The van der Waals surface area contributed by atoms with E-state index in [2.05, 4.69) is 10.0 Å². The second kappa shape index (κ2) is 3.72. The van der Waals surface area contributed by atoms with Crippen LogP contribution >= 0.6 is 0 Å². The van der Waals surface area contributed by atoms with E-state index in [-0.39, 0.29) is 0 Å². The number of carbonyl (C=O) groups is 1. The zero-order chi connectivity index (χ0) is 11.7. The van der Waals surface area contributed by atoms with Crippen LogP contribution in [0.1, 0.15) is 33.1 Å². The van der Waals surface area contributed by atoms with Gasteiger partial charge in [-0.25, -0.2) is 0 Å². The molecule has 84 valence electrons. The van der Waals surface area contributed by atoms with Crippen LogP contribution in [0.3, 0.4) is 0 Å². The lowest BCUT2D eigenvalue weighted by Gasteiger charge is -2.46. The standard InChI is InChI=1S/C9H15N3O3/c1-8(7(13)14)5-3-4-6(11-12-10)9(8,2)15/h6,15H,3-5H2,1-2H3,(H,13,14). The normalized spacial score (nSPS) is 40.6. The second-order valence-corrected chi connectivity index (χ2v) is 4.40. The average Bonchev–Trinajstić information content (AvgIpc) is 2.13. The maximum atomic E-state index is 11.1. The third-order valence-electron chi connectivity index (χ3n) is 3.58. The predicted octanol–water partition coefficient (Wildman–Crippen LogP) is 1.69. The predicted molar refractivity (Wildman–Crippen MR) is 53.2 cm³/mol. The Morgan fingerprint density at radius 3 is 2.67 bits per heavy atom. The molecule has 0 saturated heterocycles. The molecular formula is C9H15N3O3. The fourth-order valence-corrected chi connectivity index (χ4v) is 2.11. The Hall–Kier alpha value is -1.26. The topological polar surface area (TPSA) is 106 Å². The van der Waals surface area contributed by atoms with Crippen LogP contribution in [0.2, 0.25) is 0 Å². The molecule has 2 N–H and O–H groups in total. The number of rotatable bonds is 2. The van der Waals surface area contributed by atoms with Crippen molar-refractivity contribution in [3.05, 3.63) is 10.4 Å². The van der Waals surface area contributed by atoms with Gasteiger partial charge in [-0.15, -0.1) is 0 Å². The first-order valence-electron chi connectivity index (χ1n) is 4.86. The van der Waals surface area contributed by atoms with Gasteiger partial charge in [0.15, 0.2) is 0 Å². The molecular weight excluding hydrogens is 198 g/mol. The Labute approximate surface area is 87.5 Å². The van der Waals surface area contributed by atoms with Gasteiger partial charge in [-0.1, -0.05) is 11.5 Å². The molecule has 1 aliphatic carbocycles. The zero-order valence-corrected chi connectivity index (χ0v) is 8.84. The summed E-state index contributed by atoms with van der Waals surface area (Å²) < 4.78 is 0. The molecule has 1 aliphatic rings. The van der Waals surface area contributed by atoms with E-state index in [1.807, 2.05) is 0 Å². The Morgan fingerprint density at radius 1 is 1.60 bits per heavy atom. The van der Waals surface area contributed by atoms with Gasteiger partial charge in [-0.3, -0.25) is 4.79 Å². The van der Waals surface area contributed by atoms with E-state index < -0.39 is 23.0 Å². The highest BCUT2D eigenvalue weighted by atomic mass is 16.4. The third kappa shape index (κ3) is 1.66. The van der Waals surface area contributed by atoms with Crippen molar-refractivity contribution in [1.82, 2.24) is 0 Å². The number of hydrogen-bond acceptors (Lipinski definition) is 3. The zero-order valence-electron chi connectivity index (χ0n) is 8.84. The summed E-state index contributed by atoms with van der Waals surface area (Å²) in [5, 5.41) is 22.8. The number of aliphatic carboxylic acids is 1. The van der Waals surface area contributed by atoms with Gasteiger partial charge in [0, 0.05) is 4.91 Å². The van der Waals surface area contributed by atoms with Gasteiger partial charge in [0.25, 0.3) is 0 Å². The molecule has 0 aromatic carbocycles. The number of hydrogen-bond donors (Lipinski definition) is 2. The van der Waals surface area contributed by atoms with Crippen LogP contribution < -0.4 is 0 Å². The number of nitrogens with zero attached hydrogens (tertiary/aromatic N) is 3. The Kier molecular flexibility index (Phi) is 2.93. The molecule has 1 saturated carbocycles. The number of azide groups is 1. The van der Waals surface area contributed by atoms with Crippen molar-refractivity contribution < 1.29 is 15.0 Å². The van der Waals surface area contributed by atoms with Crippen LogP contribution in [0.5, 0.6) is 0 Å². The molecule has 1 rings (SSSR count). The molecule has 1 fully saturated rings. The summed E-state index contributed by atoms with van der Waals surface area (Å²) in [7, 11) is 0. The summed E-state index contributed by atoms with van der Waals surface area (Å²) in [6, 6.07) is -0.669. The van der Waals surface area contributed by atoms with Gasteiger partial charge in [-0.2, -0.15) is 0 Å². The van der Waals surface area contributed by atoms with Gasteiger partial charge in [0.05, 0.1) is 17.1 Å².